The molecule has 0 bridgehead atoms. The van der Waals surface area contributed by atoms with E-state index in [-0.39, 0.29) is 6.04 Å². The number of aromatic nitrogens is 1. The maximum atomic E-state index is 5.87. The summed E-state index contributed by atoms with van der Waals surface area (Å²) in [5.74, 6) is 0. The van der Waals surface area contributed by atoms with Crippen LogP contribution in [0.3, 0.4) is 0 Å². The third-order valence-corrected chi connectivity index (χ3v) is 3.47. The third kappa shape index (κ3) is 3.80. The maximum Gasteiger partial charge on any atom is 0.0542 e. The molecular weight excluding hydrogens is 312 g/mol. The van der Waals surface area contributed by atoms with Gasteiger partial charge in [-0.1, -0.05) is 23.7 Å². The molecule has 1 aromatic carbocycles. The van der Waals surface area contributed by atoms with Crippen LogP contribution in [0.2, 0.25) is 5.02 Å². The van der Waals surface area contributed by atoms with Gasteiger partial charge in [0.05, 0.1) is 5.69 Å². The number of hydrogen-bond donors (Lipinski definition) is 1. The molecule has 18 heavy (non-hydrogen) atoms. The van der Waals surface area contributed by atoms with Gasteiger partial charge in [0.25, 0.3) is 0 Å². The van der Waals surface area contributed by atoms with E-state index in [9.17, 15) is 0 Å². The van der Waals surface area contributed by atoms with Crippen LogP contribution in [0.5, 0.6) is 0 Å². The minimum absolute atomic E-state index is 0.271. The largest absolute Gasteiger partial charge is 0.305 e. The van der Waals surface area contributed by atoms with Crippen molar-refractivity contribution in [1.82, 2.24) is 10.3 Å². The van der Waals surface area contributed by atoms with Crippen LogP contribution in [0.4, 0.5) is 0 Å². The lowest BCUT2D eigenvalue weighted by atomic mass is 10.1. The summed E-state index contributed by atoms with van der Waals surface area (Å²) in [5.41, 5.74) is 2.25. The molecule has 4 heteroatoms. The van der Waals surface area contributed by atoms with Crippen LogP contribution in [0.25, 0.3) is 0 Å². The number of nitrogens with one attached hydrogen (secondary N) is 1. The highest BCUT2D eigenvalue weighted by molar-refractivity contribution is 9.10. The molecule has 1 N–H and O–H groups in total. The van der Waals surface area contributed by atoms with Crippen molar-refractivity contribution in [1.29, 1.82) is 0 Å². The average molecular weight is 326 g/mol. The van der Waals surface area contributed by atoms with Crippen molar-refractivity contribution in [3.8, 4) is 0 Å². The van der Waals surface area contributed by atoms with Gasteiger partial charge >= 0.3 is 0 Å². The number of nitrogens with zero attached hydrogens (tertiary/aromatic N) is 1. The van der Waals surface area contributed by atoms with E-state index in [4.69, 9.17) is 11.6 Å². The van der Waals surface area contributed by atoms with Crippen LogP contribution in [-0.4, -0.2) is 4.98 Å². The second-order valence-corrected chi connectivity index (χ2v) is 5.47. The summed E-state index contributed by atoms with van der Waals surface area (Å²) in [5, 5.41) is 4.20. The minimum atomic E-state index is 0.271. The fourth-order valence-electron chi connectivity index (χ4n) is 1.64. The summed E-state index contributed by atoms with van der Waals surface area (Å²) in [6.45, 7) is 2.87. The molecule has 0 aliphatic heterocycles. The molecular formula is C14H14BrClN2. The number of halogens is 2. The van der Waals surface area contributed by atoms with Gasteiger partial charge in [-0.05, 0) is 52.7 Å². The quantitative estimate of drug-likeness (QED) is 0.904. The van der Waals surface area contributed by atoms with Gasteiger partial charge in [0.2, 0.25) is 0 Å². The second-order valence-electron chi connectivity index (χ2n) is 4.12. The van der Waals surface area contributed by atoms with Crippen LogP contribution in [0, 0.1) is 0 Å². The zero-order valence-corrected chi connectivity index (χ0v) is 12.4. The topological polar surface area (TPSA) is 24.9 Å². The highest BCUT2D eigenvalue weighted by Crippen LogP contribution is 2.16. The Bertz CT molecular complexity index is 496. The van der Waals surface area contributed by atoms with Crippen molar-refractivity contribution in [2.75, 3.05) is 0 Å². The molecule has 1 atom stereocenters. The Balaban J connectivity index is 1.93. The molecule has 0 saturated heterocycles. The molecule has 0 aliphatic rings. The van der Waals surface area contributed by atoms with Crippen LogP contribution in [0.15, 0.2) is 47.1 Å². The second kappa shape index (κ2) is 6.32. The first kappa shape index (κ1) is 13.5. The van der Waals surface area contributed by atoms with E-state index in [1.165, 1.54) is 5.56 Å². The van der Waals surface area contributed by atoms with E-state index >= 15 is 0 Å². The van der Waals surface area contributed by atoms with E-state index in [1.54, 1.807) is 0 Å². The van der Waals surface area contributed by atoms with Crippen molar-refractivity contribution in [3.63, 3.8) is 0 Å². The Morgan fingerprint density at radius 2 is 1.94 bits per heavy atom. The zero-order chi connectivity index (χ0) is 13.0. The van der Waals surface area contributed by atoms with Gasteiger partial charge in [-0.2, -0.15) is 0 Å². The fraction of sp³-hybridized carbons (Fsp3) is 0.214. The molecule has 0 amide bonds. The molecule has 1 aromatic heterocycles. The predicted molar refractivity (Wildman–Crippen MR) is 78.6 cm³/mol. The SMILES string of the molecule is C[C@H](NCc1ccc(Br)cn1)c1ccc(Cl)cc1. The van der Waals surface area contributed by atoms with Crippen molar-refractivity contribution < 1.29 is 0 Å². The van der Waals surface area contributed by atoms with Crippen molar-refractivity contribution in [2.45, 2.75) is 19.5 Å². The third-order valence-electron chi connectivity index (χ3n) is 2.75. The van der Waals surface area contributed by atoms with Crippen LogP contribution >= 0.6 is 27.5 Å². The molecule has 1 heterocycles. The lowest BCUT2D eigenvalue weighted by molar-refractivity contribution is 0.568. The lowest BCUT2D eigenvalue weighted by Gasteiger charge is -2.14. The van der Waals surface area contributed by atoms with E-state index in [1.807, 2.05) is 42.6 Å². The number of rotatable bonds is 4. The molecule has 0 saturated carbocycles. The molecule has 2 aromatic rings. The van der Waals surface area contributed by atoms with Gasteiger partial charge < -0.3 is 5.32 Å². The first-order valence-corrected chi connectivity index (χ1v) is 6.91. The monoisotopic (exact) mass is 324 g/mol. The number of pyridine rings is 1. The van der Waals surface area contributed by atoms with E-state index in [0.717, 1.165) is 21.7 Å². The van der Waals surface area contributed by atoms with E-state index in [2.05, 4.69) is 33.2 Å². The summed E-state index contributed by atoms with van der Waals surface area (Å²) < 4.78 is 0.997. The highest BCUT2D eigenvalue weighted by Gasteiger charge is 2.04. The van der Waals surface area contributed by atoms with Crippen LogP contribution in [0.1, 0.15) is 24.2 Å². The minimum Gasteiger partial charge on any atom is -0.305 e. The Morgan fingerprint density at radius 3 is 2.56 bits per heavy atom. The summed E-state index contributed by atoms with van der Waals surface area (Å²) in [6, 6.07) is 12.2. The predicted octanol–water partition coefficient (Wildman–Crippen LogP) is 4.35. The Hall–Kier alpha value is -0.900. The molecule has 0 aliphatic carbocycles. The molecule has 0 unspecified atom stereocenters. The van der Waals surface area contributed by atoms with E-state index in [0.29, 0.717) is 0 Å². The summed E-state index contributed by atoms with van der Waals surface area (Å²) in [4.78, 5) is 4.33. The van der Waals surface area contributed by atoms with Crippen LogP contribution < -0.4 is 5.32 Å². The van der Waals surface area contributed by atoms with Crippen LogP contribution in [-0.2, 0) is 6.54 Å². The molecule has 0 spiro atoms. The number of hydrogen-bond acceptors (Lipinski definition) is 2. The molecule has 94 valence electrons. The van der Waals surface area contributed by atoms with Gasteiger partial charge in [0.1, 0.15) is 0 Å². The first-order valence-electron chi connectivity index (χ1n) is 5.74. The Morgan fingerprint density at radius 1 is 1.22 bits per heavy atom. The lowest BCUT2D eigenvalue weighted by Crippen LogP contribution is -2.18. The average Bonchev–Trinajstić information content (AvgIpc) is 2.38. The summed E-state index contributed by atoms with van der Waals surface area (Å²) in [6.07, 6.45) is 1.81. The fourth-order valence-corrected chi connectivity index (χ4v) is 2.00. The van der Waals surface area contributed by atoms with Gasteiger partial charge in [-0.3, -0.25) is 4.98 Å². The zero-order valence-electron chi connectivity index (χ0n) is 10.0. The Labute approximate surface area is 121 Å². The smallest absolute Gasteiger partial charge is 0.0542 e. The number of benzene rings is 1. The molecule has 0 fully saturated rings. The van der Waals surface area contributed by atoms with Crippen molar-refractivity contribution in [2.24, 2.45) is 0 Å². The molecule has 2 rings (SSSR count). The van der Waals surface area contributed by atoms with Gasteiger partial charge in [0, 0.05) is 28.3 Å². The van der Waals surface area contributed by atoms with Gasteiger partial charge in [-0.15, -0.1) is 0 Å². The highest BCUT2D eigenvalue weighted by atomic mass is 79.9. The molecule has 0 radical (unpaired) electrons. The van der Waals surface area contributed by atoms with Gasteiger partial charge in [-0.25, -0.2) is 0 Å². The van der Waals surface area contributed by atoms with Crippen molar-refractivity contribution in [3.05, 3.63) is 63.3 Å². The van der Waals surface area contributed by atoms with Gasteiger partial charge in [0.15, 0.2) is 0 Å². The standard InChI is InChI=1S/C14H14BrClN2/c1-10(11-2-5-13(16)6-3-11)17-9-14-7-4-12(15)8-18-14/h2-8,10,17H,9H2,1H3/t10-/m0/s1. The normalized spacial score (nSPS) is 12.4. The Kier molecular flexibility index (Phi) is 4.75. The van der Waals surface area contributed by atoms with Crippen molar-refractivity contribution >= 4 is 27.5 Å². The molecule has 2 nitrogen and oxygen atoms in total. The summed E-state index contributed by atoms with van der Waals surface area (Å²) in [7, 11) is 0. The summed E-state index contributed by atoms with van der Waals surface area (Å²) >= 11 is 9.24. The first-order chi connectivity index (χ1) is 8.65. The maximum absolute atomic E-state index is 5.87. The van der Waals surface area contributed by atoms with E-state index < -0.39 is 0 Å².